The van der Waals surface area contributed by atoms with Gasteiger partial charge in [0.2, 0.25) is 0 Å². The highest BCUT2D eigenvalue weighted by atomic mass is 35.5. The van der Waals surface area contributed by atoms with Crippen molar-refractivity contribution in [3.8, 4) is 0 Å². The molecule has 80 valence electrons. The molecule has 0 aromatic carbocycles. The second-order valence-corrected chi connectivity index (χ2v) is 3.71. The Morgan fingerprint density at radius 2 is 2.21 bits per heavy atom. The number of rotatable bonds is 5. The van der Waals surface area contributed by atoms with Gasteiger partial charge in [0.05, 0.1) is 18.5 Å². The van der Waals surface area contributed by atoms with Crippen LogP contribution in [0.3, 0.4) is 0 Å². The zero-order valence-electron chi connectivity index (χ0n) is 8.64. The van der Waals surface area contributed by atoms with E-state index in [0.29, 0.717) is 24.2 Å². The van der Waals surface area contributed by atoms with E-state index in [-0.39, 0.29) is 6.04 Å². The fourth-order valence-electron chi connectivity index (χ4n) is 1.27. The first kappa shape index (κ1) is 11.4. The molecule has 5 nitrogen and oxygen atoms in total. The van der Waals surface area contributed by atoms with Crippen LogP contribution in [0.15, 0.2) is 0 Å². The molecule has 0 bridgehead atoms. The first-order chi connectivity index (χ1) is 6.70. The van der Waals surface area contributed by atoms with E-state index in [4.69, 9.17) is 16.3 Å². The van der Waals surface area contributed by atoms with Crippen molar-refractivity contribution in [3.63, 3.8) is 0 Å². The van der Waals surface area contributed by atoms with E-state index in [0.717, 1.165) is 0 Å². The molecule has 1 heterocycles. The van der Waals surface area contributed by atoms with Crippen LogP contribution >= 0.6 is 11.6 Å². The third-order valence-corrected chi connectivity index (χ3v) is 2.34. The van der Waals surface area contributed by atoms with Gasteiger partial charge in [-0.1, -0.05) is 13.8 Å². The minimum Gasteiger partial charge on any atom is -0.382 e. The maximum Gasteiger partial charge on any atom is 0.166 e. The van der Waals surface area contributed by atoms with Crippen LogP contribution in [0.25, 0.3) is 0 Å². The second kappa shape index (κ2) is 5.26. The average molecular weight is 219 g/mol. The molecule has 0 radical (unpaired) electrons. The molecule has 0 aliphatic carbocycles. The monoisotopic (exact) mass is 218 g/mol. The van der Waals surface area contributed by atoms with Crippen LogP contribution in [0, 0.1) is 5.92 Å². The van der Waals surface area contributed by atoms with Crippen LogP contribution in [0.1, 0.15) is 25.7 Å². The van der Waals surface area contributed by atoms with Gasteiger partial charge in [-0.05, 0) is 16.3 Å². The first-order valence-corrected chi connectivity index (χ1v) is 5.05. The number of tetrazole rings is 1. The van der Waals surface area contributed by atoms with E-state index in [9.17, 15) is 0 Å². The van der Waals surface area contributed by atoms with Crippen LogP contribution in [0.2, 0.25) is 0 Å². The number of halogens is 1. The summed E-state index contributed by atoms with van der Waals surface area (Å²) < 4.78 is 6.87. The summed E-state index contributed by atoms with van der Waals surface area (Å²) in [6.45, 7) is 4.79. The summed E-state index contributed by atoms with van der Waals surface area (Å²) in [5, 5.41) is 11.4. The van der Waals surface area contributed by atoms with Crippen molar-refractivity contribution in [1.29, 1.82) is 0 Å². The Kier molecular flexibility index (Phi) is 4.28. The number of aromatic nitrogens is 4. The van der Waals surface area contributed by atoms with Crippen molar-refractivity contribution in [2.45, 2.75) is 25.8 Å². The fourth-order valence-corrected chi connectivity index (χ4v) is 1.45. The molecule has 0 amide bonds. The van der Waals surface area contributed by atoms with Gasteiger partial charge in [-0.3, -0.25) is 0 Å². The minimum atomic E-state index is 0.142. The summed E-state index contributed by atoms with van der Waals surface area (Å²) in [5.41, 5.74) is 0. The van der Waals surface area contributed by atoms with Crippen molar-refractivity contribution >= 4 is 11.6 Å². The van der Waals surface area contributed by atoms with Crippen molar-refractivity contribution in [2.24, 2.45) is 5.92 Å². The van der Waals surface area contributed by atoms with Gasteiger partial charge in [0.1, 0.15) is 0 Å². The third-order valence-electron chi connectivity index (χ3n) is 2.10. The Bertz CT molecular complexity index is 276. The van der Waals surface area contributed by atoms with Crippen molar-refractivity contribution in [1.82, 2.24) is 20.2 Å². The van der Waals surface area contributed by atoms with Crippen LogP contribution in [-0.2, 0) is 10.6 Å². The molecule has 0 aliphatic heterocycles. The number of nitrogens with zero attached hydrogens (tertiary/aromatic N) is 4. The summed E-state index contributed by atoms with van der Waals surface area (Å²) >= 11 is 5.72. The Hall–Kier alpha value is -0.680. The quantitative estimate of drug-likeness (QED) is 0.699. The number of hydrogen-bond acceptors (Lipinski definition) is 4. The Balaban J connectivity index is 2.86. The topological polar surface area (TPSA) is 52.8 Å². The molecular formula is C8H15ClN4O. The lowest BCUT2D eigenvalue weighted by Crippen LogP contribution is -2.23. The zero-order valence-corrected chi connectivity index (χ0v) is 9.40. The van der Waals surface area contributed by atoms with Gasteiger partial charge in [-0.2, -0.15) is 0 Å². The summed E-state index contributed by atoms with van der Waals surface area (Å²) in [7, 11) is 1.67. The number of alkyl halides is 1. The van der Waals surface area contributed by atoms with E-state index >= 15 is 0 Å². The number of hydrogen-bond donors (Lipinski definition) is 0. The van der Waals surface area contributed by atoms with E-state index < -0.39 is 0 Å². The SMILES string of the molecule is COCC(C(C)C)n1nnnc1CCl. The molecule has 0 N–H and O–H groups in total. The van der Waals surface area contributed by atoms with E-state index in [1.165, 1.54) is 0 Å². The first-order valence-electron chi connectivity index (χ1n) is 4.52. The zero-order chi connectivity index (χ0) is 10.6. The predicted octanol–water partition coefficient (Wildman–Crippen LogP) is 1.26. The summed E-state index contributed by atoms with van der Waals surface area (Å²) in [4.78, 5) is 0. The molecule has 14 heavy (non-hydrogen) atoms. The Morgan fingerprint density at radius 3 is 2.71 bits per heavy atom. The number of methoxy groups -OCH3 is 1. The van der Waals surface area contributed by atoms with Gasteiger partial charge in [0.15, 0.2) is 5.82 Å². The summed E-state index contributed by atoms with van der Waals surface area (Å²) in [5.74, 6) is 1.41. The Labute approximate surface area is 88.4 Å². The molecule has 0 saturated carbocycles. The molecule has 0 saturated heterocycles. The third kappa shape index (κ3) is 2.42. The number of ether oxygens (including phenoxy) is 1. The van der Waals surface area contributed by atoms with Crippen LogP contribution < -0.4 is 0 Å². The smallest absolute Gasteiger partial charge is 0.166 e. The van der Waals surface area contributed by atoms with E-state index in [2.05, 4.69) is 29.4 Å². The van der Waals surface area contributed by atoms with Gasteiger partial charge >= 0.3 is 0 Å². The Morgan fingerprint density at radius 1 is 1.50 bits per heavy atom. The van der Waals surface area contributed by atoms with Crippen molar-refractivity contribution < 1.29 is 4.74 Å². The highest BCUT2D eigenvalue weighted by Crippen LogP contribution is 2.18. The minimum absolute atomic E-state index is 0.142. The summed E-state index contributed by atoms with van der Waals surface area (Å²) in [6, 6.07) is 0.142. The lowest BCUT2D eigenvalue weighted by atomic mass is 10.1. The normalized spacial score (nSPS) is 13.5. The lowest BCUT2D eigenvalue weighted by Gasteiger charge is -2.20. The van der Waals surface area contributed by atoms with Crippen LogP contribution in [0.5, 0.6) is 0 Å². The van der Waals surface area contributed by atoms with Crippen molar-refractivity contribution in [3.05, 3.63) is 5.82 Å². The van der Waals surface area contributed by atoms with Crippen LogP contribution in [0.4, 0.5) is 0 Å². The van der Waals surface area contributed by atoms with Gasteiger partial charge in [0, 0.05) is 7.11 Å². The molecule has 0 aliphatic rings. The standard InChI is InChI=1S/C8H15ClN4O/c1-6(2)7(5-14-3)13-8(4-9)10-11-12-13/h6-7H,4-5H2,1-3H3. The van der Waals surface area contributed by atoms with Gasteiger partial charge in [-0.25, -0.2) is 4.68 Å². The molecule has 1 atom stereocenters. The van der Waals surface area contributed by atoms with E-state index in [1.54, 1.807) is 11.8 Å². The molecule has 1 aromatic rings. The second-order valence-electron chi connectivity index (χ2n) is 3.44. The van der Waals surface area contributed by atoms with E-state index in [1.807, 2.05) is 0 Å². The maximum absolute atomic E-state index is 5.72. The molecule has 6 heteroatoms. The highest BCUT2D eigenvalue weighted by Gasteiger charge is 2.19. The van der Waals surface area contributed by atoms with Crippen molar-refractivity contribution in [2.75, 3.05) is 13.7 Å². The lowest BCUT2D eigenvalue weighted by molar-refractivity contribution is 0.124. The molecule has 1 aromatic heterocycles. The highest BCUT2D eigenvalue weighted by molar-refractivity contribution is 6.16. The fraction of sp³-hybridized carbons (Fsp3) is 0.875. The average Bonchev–Trinajstić information content (AvgIpc) is 2.61. The largest absolute Gasteiger partial charge is 0.382 e. The maximum atomic E-state index is 5.72. The molecule has 0 fully saturated rings. The molecule has 0 spiro atoms. The van der Waals surface area contributed by atoms with Gasteiger partial charge in [-0.15, -0.1) is 16.7 Å². The summed E-state index contributed by atoms with van der Waals surface area (Å²) in [6.07, 6.45) is 0. The van der Waals surface area contributed by atoms with Crippen LogP contribution in [-0.4, -0.2) is 33.9 Å². The van der Waals surface area contributed by atoms with Gasteiger partial charge < -0.3 is 4.74 Å². The molecule has 1 rings (SSSR count). The molecular weight excluding hydrogens is 204 g/mol. The van der Waals surface area contributed by atoms with Gasteiger partial charge in [0.25, 0.3) is 0 Å². The predicted molar refractivity (Wildman–Crippen MR) is 53.1 cm³/mol. The molecule has 1 unspecified atom stereocenters.